The summed E-state index contributed by atoms with van der Waals surface area (Å²) in [6.45, 7) is 0. The van der Waals surface area contributed by atoms with Crippen molar-refractivity contribution in [3.63, 3.8) is 0 Å². The van der Waals surface area contributed by atoms with Gasteiger partial charge in [0.1, 0.15) is 5.82 Å². The summed E-state index contributed by atoms with van der Waals surface area (Å²) in [5.41, 5.74) is 2.54. The lowest BCUT2D eigenvalue weighted by atomic mass is 10.2. The normalized spacial score (nSPS) is 10.2. The Kier molecular flexibility index (Phi) is 4.77. The first-order chi connectivity index (χ1) is 11.6. The van der Waals surface area contributed by atoms with Crippen LogP contribution in [-0.4, -0.2) is 17.9 Å². The van der Waals surface area contributed by atoms with Crippen molar-refractivity contribution in [3.8, 4) is 0 Å². The Hall–Kier alpha value is -2.85. The summed E-state index contributed by atoms with van der Waals surface area (Å²) in [4.78, 5) is 18.5. The standard InChI is InChI=1S/C19H16ClN3O/c1-23(16-5-3-2-4-6-16)17-11-12-18(21-13-17)22-19(24)14-7-9-15(20)10-8-14/h2-13H,1H3,(H,21,22,24). The number of hydrogen-bond acceptors (Lipinski definition) is 3. The number of benzene rings is 2. The summed E-state index contributed by atoms with van der Waals surface area (Å²) in [5.74, 6) is 0.281. The van der Waals surface area contributed by atoms with Crippen LogP contribution in [0.5, 0.6) is 0 Å². The highest BCUT2D eigenvalue weighted by atomic mass is 35.5. The monoisotopic (exact) mass is 337 g/mol. The van der Waals surface area contributed by atoms with Gasteiger partial charge >= 0.3 is 0 Å². The predicted molar refractivity (Wildman–Crippen MR) is 98.1 cm³/mol. The van der Waals surface area contributed by atoms with Crippen molar-refractivity contribution in [2.24, 2.45) is 0 Å². The fourth-order valence-corrected chi connectivity index (χ4v) is 2.37. The lowest BCUT2D eigenvalue weighted by Crippen LogP contribution is -2.14. The van der Waals surface area contributed by atoms with E-state index >= 15 is 0 Å². The van der Waals surface area contributed by atoms with E-state index in [9.17, 15) is 4.79 Å². The number of pyridine rings is 1. The molecule has 3 aromatic rings. The van der Waals surface area contributed by atoms with Crippen molar-refractivity contribution >= 4 is 34.7 Å². The average molecular weight is 338 g/mol. The molecule has 3 rings (SSSR count). The smallest absolute Gasteiger partial charge is 0.256 e. The maximum Gasteiger partial charge on any atom is 0.256 e. The Balaban J connectivity index is 1.70. The molecule has 0 bridgehead atoms. The van der Waals surface area contributed by atoms with Crippen molar-refractivity contribution in [1.82, 2.24) is 4.98 Å². The molecule has 24 heavy (non-hydrogen) atoms. The fourth-order valence-electron chi connectivity index (χ4n) is 2.25. The van der Waals surface area contributed by atoms with Crippen LogP contribution in [-0.2, 0) is 0 Å². The third-order valence-corrected chi connectivity index (χ3v) is 3.88. The lowest BCUT2D eigenvalue weighted by Gasteiger charge is -2.19. The molecule has 120 valence electrons. The predicted octanol–water partition coefficient (Wildman–Crippen LogP) is 4.76. The second kappa shape index (κ2) is 7.15. The zero-order valence-electron chi connectivity index (χ0n) is 13.1. The molecule has 0 aliphatic carbocycles. The van der Waals surface area contributed by atoms with E-state index < -0.39 is 0 Å². The van der Waals surface area contributed by atoms with Gasteiger partial charge in [-0.3, -0.25) is 4.79 Å². The molecule has 4 nitrogen and oxygen atoms in total. The highest BCUT2D eigenvalue weighted by Gasteiger charge is 2.08. The Morgan fingerprint density at radius 3 is 2.29 bits per heavy atom. The van der Waals surface area contributed by atoms with Crippen LogP contribution in [0.1, 0.15) is 10.4 Å². The molecule has 0 saturated heterocycles. The van der Waals surface area contributed by atoms with Gasteiger partial charge < -0.3 is 10.2 Å². The number of nitrogens with zero attached hydrogens (tertiary/aromatic N) is 2. The van der Waals surface area contributed by atoms with Gasteiger partial charge in [0, 0.05) is 23.3 Å². The molecule has 0 unspecified atom stereocenters. The summed E-state index contributed by atoms with van der Waals surface area (Å²) in [6.07, 6.45) is 1.73. The van der Waals surface area contributed by atoms with E-state index in [-0.39, 0.29) is 5.91 Å². The van der Waals surface area contributed by atoms with E-state index in [1.165, 1.54) is 0 Å². The van der Waals surface area contributed by atoms with Crippen LogP contribution in [0.2, 0.25) is 5.02 Å². The maximum absolute atomic E-state index is 12.2. The van der Waals surface area contributed by atoms with Crippen LogP contribution in [0.4, 0.5) is 17.2 Å². The SMILES string of the molecule is CN(c1ccccc1)c1ccc(NC(=O)c2ccc(Cl)cc2)nc1. The fraction of sp³-hybridized carbons (Fsp3) is 0.0526. The number of amides is 1. The zero-order chi connectivity index (χ0) is 16.9. The number of anilines is 3. The molecule has 0 radical (unpaired) electrons. The average Bonchev–Trinajstić information content (AvgIpc) is 2.63. The molecule has 5 heteroatoms. The van der Waals surface area contributed by atoms with Crippen LogP contribution in [0.3, 0.4) is 0 Å². The summed E-state index contributed by atoms with van der Waals surface area (Å²) < 4.78 is 0. The molecule has 0 spiro atoms. The summed E-state index contributed by atoms with van der Waals surface area (Å²) in [6, 6.07) is 20.4. The first-order valence-electron chi connectivity index (χ1n) is 7.45. The van der Waals surface area contributed by atoms with Crippen molar-refractivity contribution in [1.29, 1.82) is 0 Å². The van der Waals surface area contributed by atoms with Crippen LogP contribution in [0.25, 0.3) is 0 Å². The minimum absolute atomic E-state index is 0.219. The second-order valence-electron chi connectivity index (χ2n) is 5.26. The molecule has 0 saturated carbocycles. The van der Waals surface area contributed by atoms with Gasteiger partial charge in [0.2, 0.25) is 0 Å². The van der Waals surface area contributed by atoms with Gasteiger partial charge in [0.25, 0.3) is 5.91 Å². The highest BCUT2D eigenvalue weighted by Crippen LogP contribution is 2.23. The quantitative estimate of drug-likeness (QED) is 0.746. The number of para-hydroxylation sites is 1. The molecule has 1 amide bonds. The second-order valence-corrected chi connectivity index (χ2v) is 5.69. The van der Waals surface area contributed by atoms with Crippen LogP contribution in [0, 0.1) is 0 Å². The molecule has 0 aliphatic rings. The van der Waals surface area contributed by atoms with E-state index in [2.05, 4.69) is 10.3 Å². The molecular weight excluding hydrogens is 322 g/mol. The summed E-state index contributed by atoms with van der Waals surface area (Å²) in [7, 11) is 1.97. The van der Waals surface area contributed by atoms with Gasteiger partial charge in [-0.1, -0.05) is 29.8 Å². The molecule has 0 aliphatic heterocycles. The minimum Gasteiger partial charge on any atom is -0.343 e. The Bertz CT molecular complexity index is 817. The Morgan fingerprint density at radius 2 is 1.67 bits per heavy atom. The van der Waals surface area contributed by atoms with Gasteiger partial charge in [-0.2, -0.15) is 0 Å². The van der Waals surface area contributed by atoms with Gasteiger partial charge in [-0.15, -0.1) is 0 Å². The van der Waals surface area contributed by atoms with E-state index in [0.29, 0.717) is 16.4 Å². The van der Waals surface area contributed by atoms with Gasteiger partial charge in [0.15, 0.2) is 0 Å². The molecule has 0 fully saturated rings. The third-order valence-electron chi connectivity index (χ3n) is 3.63. The topological polar surface area (TPSA) is 45.2 Å². The number of aromatic nitrogens is 1. The Labute approximate surface area is 145 Å². The minimum atomic E-state index is -0.219. The van der Waals surface area contributed by atoms with Crippen molar-refractivity contribution < 1.29 is 4.79 Å². The first kappa shape index (κ1) is 16.0. The van der Waals surface area contributed by atoms with Gasteiger partial charge in [-0.05, 0) is 48.5 Å². The lowest BCUT2D eigenvalue weighted by molar-refractivity contribution is 0.102. The molecule has 1 heterocycles. The molecule has 1 aromatic heterocycles. The van der Waals surface area contributed by atoms with E-state index in [4.69, 9.17) is 11.6 Å². The van der Waals surface area contributed by atoms with Crippen molar-refractivity contribution in [2.45, 2.75) is 0 Å². The van der Waals surface area contributed by atoms with E-state index in [1.807, 2.05) is 48.3 Å². The van der Waals surface area contributed by atoms with Crippen LogP contribution < -0.4 is 10.2 Å². The maximum atomic E-state index is 12.2. The van der Waals surface area contributed by atoms with Gasteiger partial charge in [0.05, 0.1) is 11.9 Å². The number of carbonyl (C=O) groups excluding carboxylic acids is 1. The molecular formula is C19H16ClN3O. The molecule has 2 aromatic carbocycles. The number of carbonyl (C=O) groups is 1. The van der Waals surface area contributed by atoms with Crippen molar-refractivity contribution in [3.05, 3.63) is 83.5 Å². The largest absolute Gasteiger partial charge is 0.343 e. The first-order valence-corrected chi connectivity index (χ1v) is 7.83. The zero-order valence-corrected chi connectivity index (χ0v) is 13.9. The van der Waals surface area contributed by atoms with E-state index in [0.717, 1.165) is 11.4 Å². The number of hydrogen-bond donors (Lipinski definition) is 1. The number of rotatable bonds is 4. The van der Waals surface area contributed by atoms with Crippen LogP contribution >= 0.6 is 11.6 Å². The molecule has 0 atom stereocenters. The van der Waals surface area contributed by atoms with Gasteiger partial charge in [-0.25, -0.2) is 4.98 Å². The Morgan fingerprint density at radius 1 is 0.958 bits per heavy atom. The highest BCUT2D eigenvalue weighted by molar-refractivity contribution is 6.30. The van der Waals surface area contributed by atoms with E-state index in [1.54, 1.807) is 36.5 Å². The third kappa shape index (κ3) is 3.73. The number of nitrogens with one attached hydrogen (secondary N) is 1. The summed E-state index contributed by atoms with van der Waals surface area (Å²) in [5, 5.41) is 3.37. The number of halogens is 1. The molecule has 1 N–H and O–H groups in total. The van der Waals surface area contributed by atoms with Crippen LogP contribution in [0.15, 0.2) is 72.9 Å². The summed E-state index contributed by atoms with van der Waals surface area (Å²) >= 11 is 5.83. The van der Waals surface area contributed by atoms with Crippen molar-refractivity contribution in [2.75, 3.05) is 17.3 Å².